The number of benzene rings is 2. The normalized spacial score (nSPS) is 12.2. The number of urea groups is 1. The second-order valence-electron chi connectivity index (χ2n) is 11.9. The second-order valence-corrected chi connectivity index (χ2v) is 11.9. The Hall–Kier alpha value is -5.41. The first-order valence-electron chi connectivity index (χ1n) is 14.8. The molecule has 47 heavy (non-hydrogen) atoms. The van der Waals surface area contributed by atoms with E-state index >= 15 is 0 Å². The van der Waals surface area contributed by atoms with Gasteiger partial charge in [-0.2, -0.15) is 0 Å². The van der Waals surface area contributed by atoms with Gasteiger partial charge in [0.2, 0.25) is 11.8 Å². The highest BCUT2D eigenvalue weighted by Crippen LogP contribution is 2.20. The molecular formula is C31H42N6O10. The Labute approximate surface area is 272 Å². The molecule has 2 atom stereocenters. The summed E-state index contributed by atoms with van der Waals surface area (Å²) < 4.78 is 15.5. The number of nitro benzene ring substituents is 1. The molecule has 2 rings (SSSR count). The minimum Gasteiger partial charge on any atom is -0.444 e. The Morgan fingerprint density at radius 3 is 2.19 bits per heavy atom. The number of aryl methyl sites for hydroxylation is 1. The van der Waals surface area contributed by atoms with E-state index < -0.39 is 52.7 Å². The SMILES string of the molecule is Cc1cc(NC(=O)[C@H](CCCNC(N)=O)NC(=O)[C@@H](NC(=O)OC(C)(C)C)C(C)C)ccc1COC(=O)Oc1ccc([N+](=O)[O-])cc1. The fourth-order valence-electron chi connectivity index (χ4n) is 4.08. The fourth-order valence-corrected chi connectivity index (χ4v) is 4.08. The van der Waals surface area contributed by atoms with Crippen LogP contribution in [0.5, 0.6) is 5.75 Å². The van der Waals surface area contributed by atoms with Crippen molar-refractivity contribution < 1.29 is 43.1 Å². The largest absolute Gasteiger partial charge is 0.514 e. The maximum Gasteiger partial charge on any atom is 0.514 e. The lowest BCUT2D eigenvalue weighted by molar-refractivity contribution is -0.384. The average molecular weight is 659 g/mol. The van der Waals surface area contributed by atoms with E-state index in [-0.39, 0.29) is 36.9 Å². The molecule has 0 spiro atoms. The van der Waals surface area contributed by atoms with Crippen molar-refractivity contribution in [3.63, 3.8) is 0 Å². The Bertz CT molecular complexity index is 1440. The summed E-state index contributed by atoms with van der Waals surface area (Å²) in [5, 5.41) is 21.2. The number of ether oxygens (including phenoxy) is 3. The Balaban J connectivity index is 2.07. The van der Waals surface area contributed by atoms with Gasteiger partial charge in [-0.25, -0.2) is 14.4 Å². The van der Waals surface area contributed by atoms with Crippen LogP contribution in [0.2, 0.25) is 0 Å². The summed E-state index contributed by atoms with van der Waals surface area (Å²) in [5.74, 6) is -1.42. The first-order valence-corrected chi connectivity index (χ1v) is 14.8. The molecule has 5 amide bonds. The second kappa shape index (κ2) is 17.3. The standard InChI is InChI=1S/C31H42N6O10/c1-18(2)25(36-29(41)47-31(4,5)6)27(39)35-24(8-7-15-33-28(32)40)26(38)34-21-10-9-20(19(3)16-21)17-45-30(42)46-23-13-11-22(12-14-23)37(43)44/h9-14,16,18,24-25H,7-8,15,17H2,1-6H3,(H,34,38)(H,35,39)(H,36,41)(H3,32,33,40)/t24-,25-/m0/s1. The van der Waals surface area contributed by atoms with Gasteiger partial charge in [0.05, 0.1) is 4.92 Å². The molecule has 0 aromatic heterocycles. The van der Waals surface area contributed by atoms with E-state index in [1.165, 1.54) is 24.3 Å². The average Bonchev–Trinajstić information content (AvgIpc) is 2.96. The Kier molecular flexibility index (Phi) is 13.9. The highest BCUT2D eigenvalue weighted by atomic mass is 16.7. The minimum absolute atomic E-state index is 0.0720. The molecule has 0 saturated carbocycles. The van der Waals surface area contributed by atoms with Crippen molar-refractivity contribution in [3.8, 4) is 5.75 Å². The molecule has 0 bridgehead atoms. The van der Waals surface area contributed by atoms with E-state index in [9.17, 15) is 34.1 Å². The van der Waals surface area contributed by atoms with Crippen LogP contribution in [0.4, 0.5) is 25.8 Å². The number of primary amides is 1. The third kappa shape index (κ3) is 13.6. The lowest BCUT2D eigenvalue weighted by Gasteiger charge is -2.27. The van der Waals surface area contributed by atoms with Crippen molar-refractivity contribution in [3.05, 3.63) is 63.7 Å². The van der Waals surface area contributed by atoms with Gasteiger partial charge in [0.1, 0.15) is 30.0 Å². The molecule has 6 N–H and O–H groups in total. The van der Waals surface area contributed by atoms with Crippen LogP contribution in [0.15, 0.2) is 42.5 Å². The van der Waals surface area contributed by atoms with Crippen molar-refractivity contribution in [1.82, 2.24) is 16.0 Å². The first-order chi connectivity index (χ1) is 21.9. The number of rotatable bonds is 14. The van der Waals surface area contributed by atoms with Crippen molar-refractivity contribution in [1.29, 1.82) is 0 Å². The van der Waals surface area contributed by atoms with Crippen LogP contribution >= 0.6 is 0 Å². The lowest BCUT2D eigenvalue weighted by Crippen LogP contribution is -2.55. The molecule has 0 radical (unpaired) electrons. The predicted molar refractivity (Wildman–Crippen MR) is 170 cm³/mol. The number of alkyl carbamates (subject to hydrolysis) is 1. The van der Waals surface area contributed by atoms with Crippen LogP contribution in [-0.4, -0.2) is 59.2 Å². The van der Waals surface area contributed by atoms with Crippen LogP contribution in [0, 0.1) is 23.0 Å². The zero-order valence-corrected chi connectivity index (χ0v) is 27.2. The molecule has 0 aliphatic rings. The van der Waals surface area contributed by atoms with Gasteiger partial charge in [-0.1, -0.05) is 19.9 Å². The summed E-state index contributed by atoms with van der Waals surface area (Å²) in [6.45, 7) is 10.3. The number of nitro groups is 1. The molecule has 0 unspecified atom stereocenters. The molecule has 256 valence electrons. The maximum absolute atomic E-state index is 13.3. The molecule has 0 aliphatic heterocycles. The highest BCUT2D eigenvalue weighted by Gasteiger charge is 2.30. The van der Waals surface area contributed by atoms with Crippen LogP contribution in [0.25, 0.3) is 0 Å². The van der Waals surface area contributed by atoms with E-state index in [2.05, 4.69) is 21.3 Å². The number of nitrogens with one attached hydrogen (secondary N) is 4. The summed E-state index contributed by atoms with van der Waals surface area (Å²) in [5.41, 5.74) is 5.86. The van der Waals surface area contributed by atoms with E-state index in [4.69, 9.17) is 19.9 Å². The van der Waals surface area contributed by atoms with Crippen LogP contribution in [0.1, 0.15) is 58.6 Å². The van der Waals surface area contributed by atoms with Gasteiger partial charge in [-0.05, 0) is 81.8 Å². The quantitative estimate of drug-likeness (QED) is 0.0643. The molecule has 16 nitrogen and oxygen atoms in total. The number of hydrogen-bond donors (Lipinski definition) is 5. The highest BCUT2D eigenvalue weighted by molar-refractivity contribution is 5.98. The van der Waals surface area contributed by atoms with Gasteiger partial charge in [0.15, 0.2) is 0 Å². The molecule has 0 heterocycles. The number of hydrogen-bond acceptors (Lipinski definition) is 10. The van der Waals surface area contributed by atoms with Crippen LogP contribution in [0.3, 0.4) is 0 Å². The summed E-state index contributed by atoms with van der Waals surface area (Å²) in [7, 11) is 0. The van der Waals surface area contributed by atoms with Crippen LogP contribution in [-0.2, 0) is 25.7 Å². The van der Waals surface area contributed by atoms with Crippen molar-refractivity contribution >= 4 is 41.5 Å². The number of carbonyl (C=O) groups is 5. The van der Waals surface area contributed by atoms with E-state index in [1.807, 2.05) is 0 Å². The third-order valence-electron chi connectivity index (χ3n) is 6.43. The molecular weight excluding hydrogens is 616 g/mol. The number of amides is 5. The number of nitrogens with zero attached hydrogens (tertiary/aromatic N) is 1. The zero-order chi connectivity index (χ0) is 35.3. The van der Waals surface area contributed by atoms with E-state index in [1.54, 1.807) is 59.7 Å². The van der Waals surface area contributed by atoms with Gasteiger partial charge in [0.25, 0.3) is 5.69 Å². The maximum atomic E-state index is 13.3. The Morgan fingerprint density at radius 2 is 1.64 bits per heavy atom. The third-order valence-corrected chi connectivity index (χ3v) is 6.43. The van der Waals surface area contributed by atoms with E-state index in [0.29, 0.717) is 23.2 Å². The zero-order valence-electron chi connectivity index (χ0n) is 27.2. The molecule has 0 fully saturated rings. The predicted octanol–water partition coefficient (Wildman–Crippen LogP) is 4.04. The fraction of sp³-hybridized carbons (Fsp3) is 0.452. The van der Waals surface area contributed by atoms with E-state index in [0.717, 1.165) is 0 Å². The molecule has 0 aliphatic carbocycles. The molecule has 2 aromatic rings. The first kappa shape index (κ1) is 37.8. The van der Waals surface area contributed by atoms with Gasteiger partial charge in [-0.3, -0.25) is 19.7 Å². The smallest absolute Gasteiger partial charge is 0.444 e. The van der Waals surface area contributed by atoms with Gasteiger partial charge < -0.3 is 41.2 Å². The van der Waals surface area contributed by atoms with Crippen molar-refractivity contribution in [2.45, 2.75) is 78.7 Å². The topological polar surface area (TPSA) is 230 Å². The van der Waals surface area contributed by atoms with Crippen LogP contribution < -0.4 is 31.7 Å². The van der Waals surface area contributed by atoms with Crippen molar-refractivity contribution in [2.75, 3.05) is 11.9 Å². The van der Waals surface area contributed by atoms with Gasteiger partial charge in [-0.15, -0.1) is 0 Å². The minimum atomic E-state index is -1.05. The van der Waals surface area contributed by atoms with Gasteiger partial charge in [0, 0.05) is 24.4 Å². The Morgan fingerprint density at radius 1 is 0.979 bits per heavy atom. The summed E-state index contributed by atoms with van der Waals surface area (Å²) in [6, 6.07) is 7.01. The summed E-state index contributed by atoms with van der Waals surface area (Å²) in [6.07, 6.45) is -1.35. The summed E-state index contributed by atoms with van der Waals surface area (Å²) in [4.78, 5) is 72.4. The van der Waals surface area contributed by atoms with Gasteiger partial charge >= 0.3 is 18.3 Å². The summed E-state index contributed by atoms with van der Waals surface area (Å²) >= 11 is 0. The molecule has 16 heteroatoms. The number of carbonyl (C=O) groups excluding carboxylic acids is 5. The molecule has 2 aromatic carbocycles. The molecule has 0 saturated heterocycles. The number of non-ortho nitro benzene ring substituents is 1. The number of anilines is 1. The lowest BCUT2D eigenvalue weighted by atomic mass is 10.0. The number of nitrogens with two attached hydrogens (primary N) is 1. The van der Waals surface area contributed by atoms with Crippen molar-refractivity contribution in [2.24, 2.45) is 11.7 Å². The monoisotopic (exact) mass is 658 g/mol.